The minimum Gasteiger partial charge on any atom is -0.493 e. The molecule has 0 atom stereocenters. The van der Waals surface area contributed by atoms with E-state index in [1.54, 1.807) is 12.3 Å². The molecule has 0 radical (unpaired) electrons. The van der Waals surface area contributed by atoms with Crippen LogP contribution in [-0.2, 0) is 11.2 Å². The van der Waals surface area contributed by atoms with Gasteiger partial charge in [0.1, 0.15) is 17.4 Å². The Labute approximate surface area is 180 Å². The van der Waals surface area contributed by atoms with Crippen molar-refractivity contribution >= 4 is 28.5 Å². The van der Waals surface area contributed by atoms with Crippen molar-refractivity contribution in [3.8, 4) is 11.8 Å². The van der Waals surface area contributed by atoms with Crippen LogP contribution in [0.2, 0.25) is 0 Å². The number of aryl methyl sites for hydroxylation is 1. The molecule has 3 aromatic rings. The van der Waals surface area contributed by atoms with Crippen LogP contribution in [0.4, 0.5) is 5.13 Å². The number of hydrogen-bond acceptors (Lipinski definition) is 5. The fraction of sp³-hybridized carbons (Fsp3) is 0.208. The maximum atomic E-state index is 12.6. The molecule has 0 saturated carbocycles. The fourth-order valence-electron chi connectivity index (χ4n) is 2.77. The normalized spacial score (nSPS) is 11.0. The van der Waals surface area contributed by atoms with Gasteiger partial charge in [-0.15, -0.1) is 11.3 Å². The minimum absolute atomic E-state index is 0.00201. The number of nitrogens with zero attached hydrogens (tertiary/aromatic N) is 2. The van der Waals surface area contributed by atoms with Crippen LogP contribution in [0.5, 0.6) is 5.75 Å². The maximum absolute atomic E-state index is 12.6. The molecule has 1 heterocycles. The van der Waals surface area contributed by atoms with E-state index in [0.29, 0.717) is 23.1 Å². The summed E-state index contributed by atoms with van der Waals surface area (Å²) in [6.45, 7) is 4.65. The number of nitriles is 1. The van der Waals surface area contributed by atoms with Crippen molar-refractivity contribution < 1.29 is 9.53 Å². The van der Waals surface area contributed by atoms with Gasteiger partial charge < -0.3 is 4.74 Å². The fourth-order valence-corrected chi connectivity index (χ4v) is 3.61. The van der Waals surface area contributed by atoms with Crippen LogP contribution >= 0.6 is 11.3 Å². The van der Waals surface area contributed by atoms with Crippen molar-refractivity contribution in [2.24, 2.45) is 0 Å². The average molecular weight is 418 g/mol. The van der Waals surface area contributed by atoms with E-state index in [-0.39, 0.29) is 5.57 Å². The van der Waals surface area contributed by atoms with Crippen LogP contribution in [0.3, 0.4) is 0 Å². The molecule has 0 aliphatic carbocycles. The zero-order valence-electron chi connectivity index (χ0n) is 17.0. The van der Waals surface area contributed by atoms with Crippen LogP contribution in [0.1, 0.15) is 34.9 Å². The third kappa shape index (κ3) is 5.79. The number of amides is 1. The van der Waals surface area contributed by atoms with Crippen molar-refractivity contribution in [3.05, 3.63) is 81.9 Å². The lowest BCUT2D eigenvalue weighted by molar-refractivity contribution is -0.112. The third-order valence-corrected chi connectivity index (χ3v) is 5.23. The average Bonchev–Trinajstić information content (AvgIpc) is 3.19. The van der Waals surface area contributed by atoms with Crippen LogP contribution in [0.15, 0.2) is 60.3 Å². The lowest BCUT2D eigenvalue weighted by Crippen LogP contribution is -2.13. The summed E-state index contributed by atoms with van der Waals surface area (Å²) >= 11 is 1.40. The molecule has 1 aromatic heterocycles. The zero-order chi connectivity index (χ0) is 21.3. The molecule has 0 unspecified atom stereocenters. The zero-order valence-corrected chi connectivity index (χ0v) is 17.8. The van der Waals surface area contributed by atoms with Crippen LogP contribution in [0, 0.1) is 18.3 Å². The molecule has 0 spiro atoms. The van der Waals surface area contributed by atoms with Gasteiger partial charge in [0, 0.05) is 23.1 Å². The van der Waals surface area contributed by atoms with E-state index in [4.69, 9.17) is 4.74 Å². The Kier molecular flexibility index (Phi) is 7.36. The lowest BCUT2D eigenvalue weighted by atomic mass is 10.1. The number of anilines is 1. The lowest BCUT2D eigenvalue weighted by Gasteiger charge is -2.08. The Morgan fingerprint density at radius 2 is 2.00 bits per heavy atom. The Balaban J connectivity index is 1.70. The molecule has 1 amide bonds. The number of nitrogens with one attached hydrogen (secondary N) is 1. The maximum Gasteiger partial charge on any atom is 0.268 e. The number of aromatic nitrogens is 1. The van der Waals surface area contributed by atoms with Gasteiger partial charge in [-0.1, -0.05) is 55.0 Å². The second kappa shape index (κ2) is 10.4. The number of carbonyl (C=O) groups is 1. The molecule has 0 aliphatic rings. The van der Waals surface area contributed by atoms with Crippen LogP contribution < -0.4 is 10.1 Å². The number of thiazole rings is 1. The van der Waals surface area contributed by atoms with Gasteiger partial charge in [0.15, 0.2) is 5.13 Å². The molecule has 0 bridgehead atoms. The predicted octanol–water partition coefficient (Wildman–Crippen LogP) is 5.38. The molecule has 2 aromatic carbocycles. The minimum atomic E-state index is -0.487. The monoisotopic (exact) mass is 417 g/mol. The number of para-hydroxylation sites is 1. The van der Waals surface area contributed by atoms with E-state index in [1.165, 1.54) is 22.5 Å². The summed E-state index contributed by atoms with van der Waals surface area (Å²) in [5.41, 5.74) is 3.09. The van der Waals surface area contributed by atoms with Gasteiger partial charge in [-0.05, 0) is 31.1 Å². The summed E-state index contributed by atoms with van der Waals surface area (Å²) in [6.07, 6.45) is 4.92. The first kappa shape index (κ1) is 21.3. The van der Waals surface area contributed by atoms with Gasteiger partial charge in [0.05, 0.1) is 6.61 Å². The SMILES string of the molecule is CCCOc1ccccc1/C=C(\C#N)C(=O)Nc1ncc(Cc2ccc(C)cc2)s1. The molecule has 152 valence electrons. The van der Waals surface area contributed by atoms with E-state index in [0.717, 1.165) is 17.7 Å². The standard InChI is InChI=1S/C24H23N3O2S/c1-3-12-29-22-7-5-4-6-19(22)14-20(15-25)23(28)27-24-26-16-21(30-24)13-18-10-8-17(2)9-11-18/h4-11,14,16H,3,12-13H2,1-2H3,(H,26,27,28)/b20-14+. The summed E-state index contributed by atoms with van der Waals surface area (Å²) < 4.78 is 5.70. The molecule has 5 nitrogen and oxygen atoms in total. The Bertz CT molecular complexity index is 1080. The summed E-state index contributed by atoms with van der Waals surface area (Å²) in [4.78, 5) is 17.9. The van der Waals surface area contributed by atoms with Gasteiger partial charge in [-0.2, -0.15) is 5.26 Å². The first-order chi connectivity index (χ1) is 14.6. The van der Waals surface area contributed by atoms with Gasteiger partial charge in [0.25, 0.3) is 5.91 Å². The Hall–Kier alpha value is -3.43. The highest BCUT2D eigenvalue weighted by molar-refractivity contribution is 7.15. The Morgan fingerprint density at radius 1 is 1.23 bits per heavy atom. The van der Waals surface area contributed by atoms with Crippen LogP contribution in [0.25, 0.3) is 6.08 Å². The molecular weight excluding hydrogens is 394 g/mol. The molecular formula is C24H23N3O2S. The summed E-state index contributed by atoms with van der Waals surface area (Å²) in [7, 11) is 0. The van der Waals surface area contributed by atoms with Crippen molar-refractivity contribution in [3.63, 3.8) is 0 Å². The van der Waals surface area contributed by atoms with Crippen molar-refractivity contribution in [1.29, 1.82) is 5.26 Å². The van der Waals surface area contributed by atoms with Crippen molar-refractivity contribution in [2.45, 2.75) is 26.7 Å². The molecule has 0 saturated heterocycles. The molecule has 1 N–H and O–H groups in total. The van der Waals surface area contributed by atoms with Crippen molar-refractivity contribution in [1.82, 2.24) is 4.98 Å². The van der Waals surface area contributed by atoms with E-state index < -0.39 is 5.91 Å². The second-order valence-electron chi connectivity index (χ2n) is 6.80. The quantitative estimate of drug-likeness (QED) is 0.395. The molecule has 30 heavy (non-hydrogen) atoms. The number of carbonyl (C=O) groups excluding carboxylic acids is 1. The molecule has 6 heteroatoms. The number of benzene rings is 2. The van der Waals surface area contributed by atoms with Gasteiger partial charge in [-0.25, -0.2) is 4.98 Å². The first-order valence-electron chi connectivity index (χ1n) is 9.74. The predicted molar refractivity (Wildman–Crippen MR) is 121 cm³/mol. The Morgan fingerprint density at radius 3 is 2.73 bits per heavy atom. The molecule has 3 rings (SSSR count). The van der Waals surface area contributed by atoms with E-state index in [9.17, 15) is 10.1 Å². The largest absolute Gasteiger partial charge is 0.493 e. The highest BCUT2D eigenvalue weighted by Crippen LogP contribution is 2.24. The second-order valence-corrected chi connectivity index (χ2v) is 7.92. The first-order valence-corrected chi connectivity index (χ1v) is 10.6. The highest BCUT2D eigenvalue weighted by atomic mass is 32.1. The van der Waals surface area contributed by atoms with Crippen molar-refractivity contribution in [2.75, 3.05) is 11.9 Å². The van der Waals surface area contributed by atoms with Crippen LogP contribution in [-0.4, -0.2) is 17.5 Å². The van der Waals surface area contributed by atoms with E-state index >= 15 is 0 Å². The topological polar surface area (TPSA) is 75.0 Å². The number of hydrogen-bond donors (Lipinski definition) is 1. The van der Waals surface area contributed by atoms with E-state index in [1.807, 2.05) is 37.3 Å². The smallest absolute Gasteiger partial charge is 0.268 e. The van der Waals surface area contributed by atoms with Gasteiger partial charge >= 0.3 is 0 Å². The summed E-state index contributed by atoms with van der Waals surface area (Å²) in [5.74, 6) is 0.161. The molecule has 0 aliphatic heterocycles. The van der Waals surface area contributed by atoms with Gasteiger partial charge in [0.2, 0.25) is 0 Å². The number of rotatable bonds is 8. The highest BCUT2D eigenvalue weighted by Gasteiger charge is 2.13. The van der Waals surface area contributed by atoms with E-state index in [2.05, 4.69) is 41.5 Å². The number of ether oxygens (including phenoxy) is 1. The summed E-state index contributed by atoms with van der Waals surface area (Å²) in [5, 5.41) is 12.7. The van der Waals surface area contributed by atoms with Gasteiger partial charge in [-0.3, -0.25) is 10.1 Å². The third-order valence-electron chi connectivity index (χ3n) is 4.32. The summed E-state index contributed by atoms with van der Waals surface area (Å²) in [6, 6.07) is 17.6. The molecule has 0 fully saturated rings.